The summed E-state index contributed by atoms with van der Waals surface area (Å²) in [7, 11) is 2.91. The van der Waals surface area contributed by atoms with Crippen molar-refractivity contribution < 1.29 is 19.5 Å². The quantitative estimate of drug-likeness (QED) is 0.599. The summed E-state index contributed by atoms with van der Waals surface area (Å²) >= 11 is 0. The zero-order valence-electron chi connectivity index (χ0n) is 9.04. The number of hydrogen-bond donors (Lipinski definition) is 1. The van der Waals surface area contributed by atoms with Gasteiger partial charge in [0.1, 0.15) is 17.6 Å². The molecule has 1 unspecified atom stereocenters. The van der Waals surface area contributed by atoms with Crippen molar-refractivity contribution in [3.05, 3.63) is 33.9 Å². The Balaban J connectivity index is 3.02. The highest BCUT2D eigenvalue weighted by Gasteiger charge is 2.19. The van der Waals surface area contributed by atoms with Crippen molar-refractivity contribution >= 4 is 0 Å². The minimum absolute atomic E-state index is 0.346. The highest BCUT2D eigenvalue weighted by atomic mass is 16.6. The molecule has 0 spiro atoms. The van der Waals surface area contributed by atoms with E-state index in [9.17, 15) is 15.2 Å². The van der Waals surface area contributed by atoms with Crippen LogP contribution in [0.2, 0.25) is 0 Å². The van der Waals surface area contributed by atoms with Gasteiger partial charge in [-0.1, -0.05) is 0 Å². The number of hydrogen-bond acceptors (Lipinski definition) is 5. The predicted octanol–water partition coefficient (Wildman–Crippen LogP) is 1.01. The first-order chi connectivity index (χ1) is 7.58. The first kappa shape index (κ1) is 12.3. The molecule has 0 heterocycles. The summed E-state index contributed by atoms with van der Waals surface area (Å²) in [6.45, 7) is -0.566. The molecule has 1 aromatic rings. The summed E-state index contributed by atoms with van der Waals surface area (Å²) < 4.78 is 9.98. The lowest BCUT2D eigenvalue weighted by atomic mass is 10.1. The number of aliphatic hydroxyl groups is 1. The number of nitro groups is 1. The van der Waals surface area contributed by atoms with E-state index in [1.54, 1.807) is 12.1 Å². The van der Waals surface area contributed by atoms with E-state index in [-0.39, 0.29) is 0 Å². The molecule has 88 valence electrons. The number of aliphatic hydroxyl groups excluding tert-OH is 1. The van der Waals surface area contributed by atoms with Crippen molar-refractivity contribution in [2.45, 2.75) is 6.10 Å². The summed E-state index contributed by atoms with van der Waals surface area (Å²) in [6.07, 6.45) is -1.21. The molecule has 1 rings (SSSR count). The van der Waals surface area contributed by atoms with Crippen LogP contribution in [0.25, 0.3) is 0 Å². The summed E-state index contributed by atoms with van der Waals surface area (Å²) in [5.41, 5.74) is 0.346. The molecular weight excluding hydrogens is 214 g/mol. The van der Waals surface area contributed by atoms with Gasteiger partial charge in [0.25, 0.3) is 0 Å². The summed E-state index contributed by atoms with van der Waals surface area (Å²) in [4.78, 5) is 9.73. The van der Waals surface area contributed by atoms with Gasteiger partial charge in [0.2, 0.25) is 6.54 Å². The van der Waals surface area contributed by atoms with Gasteiger partial charge in [-0.3, -0.25) is 10.1 Å². The molecule has 0 amide bonds. The molecule has 0 saturated carbocycles. The Hall–Kier alpha value is -1.82. The maximum absolute atomic E-state index is 10.3. The average molecular weight is 227 g/mol. The van der Waals surface area contributed by atoms with Crippen LogP contribution in [0.3, 0.4) is 0 Å². The van der Waals surface area contributed by atoms with E-state index >= 15 is 0 Å². The van der Waals surface area contributed by atoms with Gasteiger partial charge in [-0.2, -0.15) is 0 Å². The molecule has 16 heavy (non-hydrogen) atoms. The van der Waals surface area contributed by atoms with Gasteiger partial charge in [0.05, 0.1) is 14.2 Å². The van der Waals surface area contributed by atoms with Crippen LogP contribution in [0.5, 0.6) is 11.5 Å². The van der Waals surface area contributed by atoms with Crippen molar-refractivity contribution in [2.75, 3.05) is 20.8 Å². The third-order valence-corrected chi connectivity index (χ3v) is 2.12. The highest BCUT2D eigenvalue weighted by Crippen LogP contribution is 2.29. The van der Waals surface area contributed by atoms with Crippen LogP contribution in [-0.4, -0.2) is 30.8 Å². The number of benzene rings is 1. The van der Waals surface area contributed by atoms with Crippen molar-refractivity contribution in [3.8, 4) is 11.5 Å². The minimum atomic E-state index is -1.21. The van der Waals surface area contributed by atoms with E-state index in [2.05, 4.69) is 0 Å². The number of methoxy groups -OCH3 is 2. The van der Waals surface area contributed by atoms with Gasteiger partial charge >= 0.3 is 0 Å². The fourth-order valence-electron chi connectivity index (χ4n) is 1.34. The summed E-state index contributed by atoms with van der Waals surface area (Å²) in [6, 6.07) is 4.77. The molecule has 1 atom stereocenters. The molecular formula is C10H13NO5. The highest BCUT2D eigenvalue weighted by molar-refractivity contribution is 5.41. The third-order valence-electron chi connectivity index (χ3n) is 2.12. The fraction of sp³-hybridized carbons (Fsp3) is 0.400. The van der Waals surface area contributed by atoms with Gasteiger partial charge in [-0.25, -0.2) is 0 Å². The standard InChI is InChI=1S/C10H13NO5/c1-15-7-3-4-10(16-2)8(5-7)9(12)6-11(13)14/h3-5,9,12H,6H2,1-2H3. The van der Waals surface area contributed by atoms with Gasteiger partial charge in [0.15, 0.2) is 0 Å². The van der Waals surface area contributed by atoms with Gasteiger partial charge < -0.3 is 14.6 Å². The lowest BCUT2D eigenvalue weighted by Gasteiger charge is -2.12. The van der Waals surface area contributed by atoms with Crippen LogP contribution in [0, 0.1) is 10.1 Å². The second-order valence-electron chi connectivity index (χ2n) is 3.14. The molecule has 6 nitrogen and oxygen atoms in total. The predicted molar refractivity (Wildman–Crippen MR) is 56.4 cm³/mol. The Bertz CT molecular complexity index is 379. The number of ether oxygens (including phenoxy) is 2. The maximum atomic E-state index is 10.3. The first-order valence-corrected chi connectivity index (χ1v) is 4.60. The molecule has 0 aliphatic heterocycles. The normalized spacial score (nSPS) is 11.9. The van der Waals surface area contributed by atoms with E-state index in [4.69, 9.17) is 9.47 Å². The molecule has 0 bridgehead atoms. The van der Waals surface area contributed by atoms with Crippen molar-refractivity contribution in [1.82, 2.24) is 0 Å². The van der Waals surface area contributed by atoms with Crippen LogP contribution < -0.4 is 9.47 Å². The van der Waals surface area contributed by atoms with Crippen molar-refractivity contribution in [1.29, 1.82) is 0 Å². The third kappa shape index (κ3) is 2.83. The van der Waals surface area contributed by atoms with E-state index < -0.39 is 17.6 Å². The SMILES string of the molecule is COc1ccc(OC)c(C(O)C[N+](=O)[O-])c1. The van der Waals surface area contributed by atoms with Crippen LogP contribution >= 0.6 is 0 Å². The van der Waals surface area contributed by atoms with Crippen LogP contribution in [0.15, 0.2) is 18.2 Å². The van der Waals surface area contributed by atoms with Gasteiger partial charge in [0, 0.05) is 10.5 Å². The molecule has 0 aromatic heterocycles. The maximum Gasteiger partial charge on any atom is 0.233 e. The Morgan fingerprint density at radius 3 is 2.62 bits per heavy atom. The Morgan fingerprint density at radius 2 is 2.12 bits per heavy atom. The molecule has 0 aliphatic rings. The number of rotatable bonds is 5. The Kier molecular flexibility index (Phi) is 4.07. The number of nitrogens with zero attached hydrogens (tertiary/aromatic N) is 1. The fourth-order valence-corrected chi connectivity index (χ4v) is 1.34. The van der Waals surface area contributed by atoms with Crippen LogP contribution in [-0.2, 0) is 0 Å². The van der Waals surface area contributed by atoms with E-state index in [0.717, 1.165) is 0 Å². The topological polar surface area (TPSA) is 81.8 Å². The average Bonchev–Trinajstić information content (AvgIpc) is 2.27. The summed E-state index contributed by atoms with van der Waals surface area (Å²) in [5.74, 6) is 0.911. The second-order valence-corrected chi connectivity index (χ2v) is 3.14. The van der Waals surface area contributed by atoms with E-state index in [1.807, 2.05) is 0 Å². The molecule has 0 aliphatic carbocycles. The molecule has 6 heteroatoms. The molecule has 0 saturated heterocycles. The van der Waals surface area contributed by atoms with Gasteiger partial charge in [-0.05, 0) is 18.2 Å². The van der Waals surface area contributed by atoms with Gasteiger partial charge in [-0.15, -0.1) is 0 Å². The Labute approximate surface area is 92.6 Å². The molecule has 1 N–H and O–H groups in total. The lowest BCUT2D eigenvalue weighted by Crippen LogP contribution is -2.12. The molecule has 0 radical (unpaired) electrons. The lowest BCUT2D eigenvalue weighted by molar-refractivity contribution is -0.491. The molecule has 0 fully saturated rings. The van der Waals surface area contributed by atoms with E-state index in [1.165, 1.54) is 20.3 Å². The molecule has 1 aromatic carbocycles. The minimum Gasteiger partial charge on any atom is -0.497 e. The Morgan fingerprint density at radius 1 is 1.44 bits per heavy atom. The van der Waals surface area contributed by atoms with Crippen molar-refractivity contribution in [3.63, 3.8) is 0 Å². The second kappa shape index (κ2) is 5.32. The van der Waals surface area contributed by atoms with Crippen LogP contribution in [0.1, 0.15) is 11.7 Å². The van der Waals surface area contributed by atoms with Crippen LogP contribution in [0.4, 0.5) is 0 Å². The van der Waals surface area contributed by atoms with Crippen molar-refractivity contribution in [2.24, 2.45) is 0 Å². The largest absolute Gasteiger partial charge is 0.497 e. The zero-order chi connectivity index (χ0) is 12.1. The monoisotopic (exact) mass is 227 g/mol. The first-order valence-electron chi connectivity index (χ1n) is 4.60. The summed E-state index contributed by atoms with van der Waals surface area (Å²) in [5, 5.41) is 20.0. The van der Waals surface area contributed by atoms with E-state index in [0.29, 0.717) is 17.1 Å². The smallest absolute Gasteiger partial charge is 0.233 e. The zero-order valence-corrected chi connectivity index (χ0v) is 9.04.